The largest absolute Gasteiger partial charge is 0.478 e. The van der Waals surface area contributed by atoms with Gasteiger partial charge in [-0.1, -0.05) is 19.1 Å². The maximum absolute atomic E-state index is 12.7. The average molecular weight is 328 g/mol. The summed E-state index contributed by atoms with van der Waals surface area (Å²) in [5.41, 5.74) is 1.05. The second-order valence-corrected chi connectivity index (χ2v) is 6.45. The van der Waals surface area contributed by atoms with Crippen molar-refractivity contribution in [3.63, 3.8) is 0 Å². The summed E-state index contributed by atoms with van der Waals surface area (Å²) in [7, 11) is 0. The topological polar surface area (TPSA) is 72.2 Å². The molecule has 0 aliphatic rings. The number of hydrogen-bond donors (Lipinski definition) is 1. The Kier molecular flexibility index (Phi) is 4.00. The molecule has 118 valence electrons. The fourth-order valence-electron chi connectivity index (χ4n) is 2.46. The van der Waals surface area contributed by atoms with Gasteiger partial charge in [0.25, 0.3) is 5.56 Å². The van der Waals surface area contributed by atoms with Crippen LogP contribution in [0.2, 0.25) is 0 Å². The monoisotopic (exact) mass is 328 g/mol. The molecule has 5 nitrogen and oxygen atoms in total. The summed E-state index contributed by atoms with van der Waals surface area (Å²) in [5, 5.41) is 9.59. The summed E-state index contributed by atoms with van der Waals surface area (Å²) in [4.78, 5) is 30.0. The van der Waals surface area contributed by atoms with E-state index in [0.717, 1.165) is 21.7 Å². The van der Waals surface area contributed by atoms with Gasteiger partial charge in [0.05, 0.1) is 17.5 Å². The molecule has 0 unspecified atom stereocenters. The number of carboxylic acid groups (broad SMARTS) is 1. The summed E-state index contributed by atoms with van der Waals surface area (Å²) < 4.78 is 1.63. The lowest BCUT2D eigenvalue weighted by atomic mass is 10.1. The van der Waals surface area contributed by atoms with E-state index in [1.54, 1.807) is 40.2 Å². The zero-order valence-electron chi connectivity index (χ0n) is 12.9. The summed E-state index contributed by atoms with van der Waals surface area (Å²) in [6, 6.07) is 8.46. The Hall–Kier alpha value is -2.47. The van der Waals surface area contributed by atoms with Gasteiger partial charge in [-0.25, -0.2) is 9.78 Å². The van der Waals surface area contributed by atoms with E-state index in [9.17, 15) is 9.59 Å². The van der Waals surface area contributed by atoms with Gasteiger partial charge in [-0.05, 0) is 37.1 Å². The molecule has 6 heteroatoms. The number of nitrogens with zero attached hydrogens (tertiary/aromatic N) is 2. The second-order valence-electron chi connectivity index (χ2n) is 5.34. The summed E-state index contributed by atoms with van der Waals surface area (Å²) in [6.07, 6.45) is 0.885. The molecule has 0 radical (unpaired) electrons. The average Bonchev–Trinajstić information content (AvgIpc) is 2.95. The van der Waals surface area contributed by atoms with E-state index in [1.807, 2.05) is 13.0 Å². The van der Waals surface area contributed by atoms with Gasteiger partial charge in [0.1, 0.15) is 10.7 Å². The Morgan fingerprint density at radius 3 is 2.61 bits per heavy atom. The number of aromatic carboxylic acids is 1. The number of aryl methyl sites for hydroxylation is 2. The number of carboxylic acids is 1. The Labute approximate surface area is 136 Å². The minimum Gasteiger partial charge on any atom is -0.478 e. The zero-order valence-corrected chi connectivity index (χ0v) is 13.7. The quantitative estimate of drug-likeness (QED) is 0.799. The minimum absolute atomic E-state index is 0.0502. The van der Waals surface area contributed by atoms with E-state index in [2.05, 4.69) is 11.9 Å². The SMILES string of the molecule is CCc1cc2c(=O)n(Cc3ccc(C(=O)O)cc3)c(C)nc2s1. The molecule has 0 bridgehead atoms. The van der Waals surface area contributed by atoms with Crippen LogP contribution in [0.3, 0.4) is 0 Å². The molecular formula is C17H16N2O3S. The van der Waals surface area contributed by atoms with Crippen LogP contribution in [-0.2, 0) is 13.0 Å². The van der Waals surface area contributed by atoms with Crippen LogP contribution in [0.1, 0.15) is 33.5 Å². The van der Waals surface area contributed by atoms with E-state index < -0.39 is 5.97 Å². The van der Waals surface area contributed by atoms with E-state index in [1.165, 1.54) is 0 Å². The molecule has 23 heavy (non-hydrogen) atoms. The Morgan fingerprint density at radius 1 is 1.30 bits per heavy atom. The molecule has 2 aromatic heterocycles. The molecule has 0 amide bonds. The third-order valence-corrected chi connectivity index (χ3v) is 4.96. The third kappa shape index (κ3) is 2.90. The van der Waals surface area contributed by atoms with Crippen LogP contribution >= 0.6 is 11.3 Å². The predicted octanol–water partition coefficient (Wildman–Crippen LogP) is 3.08. The Bertz CT molecular complexity index is 939. The molecular weight excluding hydrogens is 312 g/mol. The first-order chi connectivity index (χ1) is 11.0. The second kappa shape index (κ2) is 5.96. The van der Waals surface area contributed by atoms with Crippen LogP contribution in [0.25, 0.3) is 10.2 Å². The molecule has 0 aliphatic carbocycles. The predicted molar refractivity (Wildman–Crippen MR) is 90.5 cm³/mol. The van der Waals surface area contributed by atoms with Crippen LogP contribution in [0.4, 0.5) is 0 Å². The maximum Gasteiger partial charge on any atom is 0.335 e. The highest BCUT2D eigenvalue weighted by molar-refractivity contribution is 7.18. The van der Waals surface area contributed by atoms with Crippen molar-refractivity contribution in [1.29, 1.82) is 0 Å². The van der Waals surface area contributed by atoms with Crippen LogP contribution in [0.15, 0.2) is 35.1 Å². The molecule has 2 heterocycles. The molecule has 0 atom stereocenters. The van der Waals surface area contributed by atoms with Gasteiger partial charge in [0.15, 0.2) is 0 Å². The van der Waals surface area contributed by atoms with Gasteiger partial charge >= 0.3 is 5.97 Å². The fraction of sp³-hybridized carbons (Fsp3) is 0.235. The summed E-state index contributed by atoms with van der Waals surface area (Å²) in [5.74, 6) is -0.298. The van der Waals surface area contributed by atoms with Crippen molar-refractivity contribution in [1.82, 2.24) is 9.55 Å². The molecule has 3 rings (SSSR count). The van der Waals surface area contributed by atoms with Crippen molar-refractivity contribution in [3.8, 4) is 0 Å². The standard InChI is InChI=1S/C17H16N2O3S/c1-3-13-8-14-15(23-13)18-10(2)19(16(14)20)9-11-4-6-12(7-5-11)17(21)22/h4-8H,3,9H2,1-2H3,(H,21,22). The lowest BCUT2D eigenvalue weighted by Gasteiger charge is -2.09. The maximum atomic E-state index is 12.7. The lowest BCUT2D eigenvalue weighted by molar-refractivity contribution is 0.0697. The molecule has 0 saturated heterocycles. The van der Waals surface area contributed by atoms with Gasteiger partial charge in [-0.3, -0.25) is 9.36 Å². The fourth-order valence-corrected chi connectivity index (χ4v) is 3.47. The van der Waals surface area contributed by atoms with Crippen molar-refractivity contribution in [2.75, 3.05) is 0 Å². The van der Waals surface area contributed by atoms with E-state index >= 15 is 0 Å². The Balaban J connectivity index is 2.02. The Morgan fingerprint density at radius 2 is 2.00 bits per heavy atom. The highest BCUT2D eigenvalue weighted by Gasteiger charge is 2.12. The highest BCUT2D eigenvalue weighted by atomic mass is 32.1. The number of thiophene rings is 1. The number of rotatable bonds is 4. The van der Waals surface area contributed by atoms with Gasteiger partial charge in [-0.2, -0.15) is 0 Å². The van der Waals surface area contributed by atoms with Gasteiger partial charge in [0, 0.05) is 4.88 Å². The number of benzene rings is 1. The van der Waals surface area contributed by atoms with Gasteiger partial charge in [-0.15, -0.1) is 11.3 Å². The first-order valence-electron chi connectivity index (χ1n) is 7.31. The summed E-state index contributed by atoms with van der Waals surface area (Å²) >= 11 is 1.56. The first-order valence-corrected chi connectivity index (χ1v) is 8.13. The van der Waals surface area contributed by atoms with E-state index in [-0.39, 0.29) is 11.1 Å². The number of hydrogen-bond acceptors (Lipinski definition) is 4. The third-order valence-electron chi connectivity index (χ3n) is 3.78. The molecule has 0 spiro atoms. The van der Waals surface area contributed by atoms with Crippen molar-refractivity contribution in [2.45, 2.75) is 26.8 Å². The highest BCUT2D eigenvalue weighted by Crippen LogP contribution is 2.22. The molecule has 1 N–H and O–H groups in total. The van der Waals surface area contributed by atoms with Crippen molar-refractivity contribution in [3.05, 3.63) is 62.5 Å². The van der Waals surface area contributed by atoms with E-state index in [0.29, 0.717) is 17.8 Å². The number of fused-ring (bicyclic) bond motifs is 1. The number of aromatic nitrogens is 2. The van der Waals surface area contributed by atoms with Crippen LogP contribution < -0.4 is 5.56 Å². The minimum atomic E-state index is -0.960. The summed E-state index contributed by atoms with van der Waals surface area (Å²) in [6.45, 7) is 4.25. The van der Waals surface area contributed by atoms with Gasteiger partial charge in [0.2, 0.25) is 0 Å². The zero-order chi connectivity index (χ0) is 16.6. The van der Waals surface area contributed by atoms with Gasteiger partial charge < -0.3 is 5.11 Å². The molecule has 3 aromatic rings. The molecule has 1 aromatic carbocycles. The molecule has 0 fully saturated rings. The smallest absolute Gasteiger partial charge is 0.335 e. The normalized spacial score (nSPS) is 11.0. The first kappa shape index (κ1) is 15.4. The number of carbonyl (C=O) groups is 1. The molecule has 0 saturated carbocycles. The van der Waals surface area contributed by atoms with Crippen molar-refractivity contribution < 1.29 is 9.90 Å². The van der Waals surface area contributed by atoms with Crippen molar-refractivity contribution in [2.24, 2.45) is 0 Å². The van der Waals surface area contributed by atoms with Crippen LogP contribution in [0.5, 0.6) is 0 Å². The van der Waals surface area contributed by atoms with E-state index in [4.69, 9.17) is 5.11 Å². The van der Waals surface area contributed by atoms with Crippen LogP contribution in [-0.4, -0.2) is 20.6 Å². The van der Waals surface area contributed by atoms with Crippen LogP contribution in [0, 0.1) is 6.92 Å². The van der Waals surface area contributed by atoms with Crippen molar-refractivity contribution >= 4 is 27.5 Å². The molecule has 0 aliphatic heterocycles. The lowest BCUT2D eigenvalue weighted by Crippen LogP contribution is -2.23.